The first-order valence-corrected chi connectivity index (χ1v) is 40.4. The van der Waals surface area contributed by atoms with Crippen molar-refractivity contribution >= 4 is 98.7 Å². The summed E-state index contributed by atoms with van der Waals surface area (Å²) in [4.78, 5) is 146. The van der Waals surface area contributed by atoms with E-state index in [1.807, 2.05) is 62.4 Å². The highest BCUT2D eigenvalue weighted by atomic mass is 33.1. The predicted molar refractivity (Wildman–Crippen MR) is 425 cm³/mol. The molecule has 0 bridgehead atoms. The maximum atomic E-state index is 15.2. The van der Waals surface area contributed by atoms with Crippen molar-refractivity contribution in [1.82, 2.24) is 73.1 Å². The number of aliphatic hydroxyl groups is 3. The van der Waals surface area contributed by atoms with E-state index in [1.165, 1.54) is 13.8 Å². The van der Waals surface area contributed by atoms with Crippen LogP contribution in [0.1, 0.15) is 94.2 Å². The summed E-state index contributed by atoms with van der Waals surface area (Å²) in [6.07, 6.45) is 2.38. The average molecular weight is 1610 g/mol. The lowest BCUT2D eigenvalue weighted by Gasteiger charge is -2.29. The number of ether oxygens (including phenoxy) is 3. The van der Waals surface area contributed by atoms with E-state index in [0.717, 1.165) is 38.1 Å². The summed E-state index contributed by atoms with van der Waals surface area (Å²) >= 11 is 0. The van der Waals surface area contributed by atoms with Crippen LogP contribution in [0.4, 0.5) is 0 Å². The van der Waals surface area contributed by atoms with E-state index in [-0.39, 0.29) is 101 Å². The van der Waals surface area contributed by atoms with Gasteiger partial charge in [0.15, 0.2) is 0 Å². The number of carbonyl (C=O) groups is 10. The molecule has 1 saturated heterocycles. The minimum atomic E-state index is -1.77. The molecule has 12 atom stereocenters. The molecule has 18 N–H and O–H groups in total. The van der Waals surface area contributed by atoms with Crippen LogP contribution >= 0.6 is 21.6 Å². The summed E-state index contributed by atoms with van der Waals surface area (Å²) < 4.78 is 18.7. The number of nitrogens with two attached hydrogens (primary N) is 1. The zero-order valence-electron chi connectivity index (χ0n) is 64.0. The van der Waals surface area contributed by atoms with Crippen LogP contribution in [-0.2, 0) is 101 Å². The molecule has 10 amide bonds. The lowest BCUT2D eigenvalue weighted by Crippen LogP contribution is -2.62. The summed E-state index contributed by atoms with van der Waals surface area (Å²) in [6.45, 7) is 6.40. The highest BCUT2D eigenvalue weighted by Gasteiger charge is 2.38. The van der Waals surface area contributed by atoms with Gasteiger partial charge in [0, 0.05) is 66.9 Å². The molecule has 1 fully saturated rings. The smallest absolute Gasteiger partial charge is 0.426 e. The zero-order valence-corrected chi connectivity index (χ0v) is 65.7. The molecule has 4 aromatic carbocycles. The number of amides is 10. The lowest BCUT2D eigenvalue weighted by atomic mass is 9.75. The first kappa shape index (κ1) is 90.9. The van der Waals surface area contributed by atoms with Gasteiger partial charge < -0.3 is 103 Å². The Kier molecular flexibility index (Phi) is 39.1. The number of nitrogens with zero attached hydrogens (tertiary/aromatic N) is 3. The number of H-pyrrole nitrogens is 1. The molecule has 0 aliphatic carbocycles. The third-order valence-electron chi connectivity index (χ3n) is 18.4. The van der Waals surface area contributed by atoms with Crippen molar-refractivity contribution in [3.63, 3.8) is 0 Å². The van der Waals surface area contributed by atoms with Gasteiger partial charge in [-0.3, -0.25) is 47.9 Å². The quantitative estimate of drug-likeness (QED) is 0.0128. The van der Waals surface area contributed by atoms with Crippen LogP contribution < -0.4 is 58.9 Å². The van der Waals surface area contributed by atoms with Crippen molar-refractivity contribution < 1.29 is 87.5 Å². The molecule has 0 radical (unpaired) electrons. The Labute approximate surface area is 665 Å². The standard InChI is InChI=1S/C77H108BN15O18S2/c1-48(2)37-66(78(107)108)89-74(103)60(39-52-21-10-6-11-22-52)81-67(97)29-18-25-55-43-93(92-91-55)31-32-109-33-34-110-35-36-111-45-68(98)82-59(38-51-19-8-5-9-20-51)71(100)87-64-46-112-113-47-65(76(105)86-63(44-94)49(3)95)88-77(106)69(50(4)96)90-70(99)58(28-16-17-30-79)83-73(102)62(41-54-42-80-57-27-15-14-26-56(54)57)85-72(101)61(84-75(64)104)40-53-23-12-7-13-24-53/h5-15,19-24,26-27,42-43,48-50,58-66,69,80,94-96,107-108H,16-18,25,28-41,44-47,79H2,1-4H3,(H,81,97)(H,82,98)(H,83,102)(H,84,104)(H,85,101)(H,86,105)(H,87,100)(H,88,106)(H,89,103)(H,90,99)/t49-,50?,58+,59-,60+,61+,62-,63-,64+,65+,66+,69+/m1/s1. The highest BCUT2D eigenvalue weighted by molar-refractivity contribution is 8.76. The lowest BCUT2D eigenvalue weighted by molar-refractivity contribution is -0.136. The van der Waals surface area contributed by atoms with E-state index >= 15 is 9.59 Å². The first-order valence-electron chi connectivity index (χ1n) is 38.0. The summed E-state index contributed by atoms with van der Waals surface area (Å²) in [5.74, 6) is -9.22. The summed E-state index contributed by atoms with van der Waals surface area (Å²) in [5.41, 5.74) is 9.85. The second kappa shape index (κ2) is 48.7. The van der Waals surface area contributed by atoms with Gasteiger partial charge in [-0.05, 0) is 93.2 Å². The van der Waals surface area contributed by atoms with Gasteiger partial charge in [0.25, 0.3) is 0 Å². The van der Waals surface area contributed by atoms with E-state index in [9.17, 15) is 63.7 Å². The third kappa shape index (κ3) is 31.9. The van der Waals surface area contributed by atoms with Crippen molar-refractivity contribution in [2.45, 2.75) is 177 Å². The van der Waals surface area contributed by atoms with E-state index in [1.54, 1.807) is 83.8 Å². The molecule has 0 saturated carbocycles. The summed E-state index contributed by atoms with van der Waals surface area (Å²) in [5, 5.41) is 87.6. The van der Waals surface area contributed by atoms with Crippen LogP contribution in [0.3, 0.4) is 0 Å². The van der Waals surface area contributed by atoms with E-state index in [0.29, 0.717) is 61.0 Å². The van der Waals surface area contributed by atoms with E-state index in [2.05, 4.69) is 68.5 Å². The zero-order chi connectivity index (χ0) is 81.6. The number of aromatic amines is 1. The molecule has 0 spiro atoms. The molecule has 1 unspecified atom stereocenters. The fourth-order valence-corrected chi connectivity index (χ4v) is 14.5. The third-order valence-corrected chi connectivity index (χ3v) is 20.8. The fourth-order valence-electron chi connectivity index (χ4n) is 12.2. The molecule has 1 aliphatic rings. The number of aliphatic hydroxyl groups excluding tert-OH is 3. The van der Waals surface area contributed by atoms with Gasteiger partial charge in [-0.25, -0.2) is 4.68 Å². The number of carbonyl (C=O) groups excluding carboxylic acids is 10. The number of unbranched alkanes of at least 4 members (excludes halogenated alkanes) is 1. The Morgan fingerprint density at radius 2 is 1.20 bits per heavy atom. The predicted octanol–water partition coefficient (Wildman–Crippen LogP) is -0.713. The van der Waals surface area contributed by atoms with Crippen LogP contribution in [-0.4, -0.2) is 248 Å². The number of fused-ring (bicyclic) bond motifs is 1. The number of aryl methyl sites for hydroxylation is 1. The molecule has 1 aliphatic heterocycles. The Morgan fingerprint density at radius 1 is 0.628 bits per heavy atom. The van der Waals surface area contributed by atoms with Gasteiger partial charge in [-0.15, -0.1) is 5.10 Å². The number of benzene rings is 4. The molecule has 7 rings (SSSR count). The molecule has 3 heterocycles. The number of hydrogen-bond donors (Lipinski definition) is 17. The molecule has 614 valence electrons. The van der Waals surface area contributed by atoms with Crippen molar-refractivity contribution in [2.24, 2.45) is 11.7 Å². The van der Waals surface area contributed by atoms with Crippen LogP contribution in [0.25, 0.3) is 10.9 Å². The Bertz CT molecular complexity index is 3960. The average Bonchev–Trinajstić information content (AvgIpc) is 1.74. The molecular formula is C77H108BN15O18S2. The number of rotatable bonds is 41. The maximum absolute atomic E-state index is 15.2. The Hall–Kier alpha value is -9.34. The number of para-hydroxylation sites is 1. The SMILES string of the molecule is CC(C)C[C@H](NC(=O)[C@H](Cc1ccccc1)NC(=O)CCCc1cn(CCOCCOCCOCC(=O)N[C@H](Cc2ccccc2)C(=O)N[C@H]2CSSC[C@@H](C(=O)N[C@H](CO)[C@@H](C)O)NC(=O)[C@H](C(C)O)NC(=O)[C@H](CCCCN)NC(=O)[C@@H](Cc3c[nH]c4ccccc34)NC(=O)[C@H](Cc3ccccc3)NC2=O)nn1)B(O)O. The molecule has 2 aromatic heterocycles. The fraction of sp³-hybridized carbons (Fsp3) is 0.506. The minimum absolute atomic E-state index is 0.0166. The largest absolute Gasteiger partial charge is 0.475 e. The monoisotopic (exact) mass is 1610 g/mol. The van der Waals surface area contributed by atoms with Crippen LogP contribution in [0.15, 0.2) is 128 Å². The normalized spacial score (nSPS) is 19.2. The van der Waals surface area contributed by atoms with Gasteiger partial charge in [-0.1, -0.05) is 150 Å². The van der Waals surface area contributed by atoms with Crippen LogP contribution in [0, 0.1) is 5.92 Å². The molecule has 33 nitrogen and oxygen atoms in total. The van der Waals surface area contributed by atoms with Crippen molar-refractivity contribution in [1.29, 1.82) is 0 Å². The van der Waals surface area contributed by atoms with Crippen molar-refractivity contribution in [3.05, 3.63) is 156 Å². The molecule has 6 aromatic rings. The molecular weight excluding hydrogens is 1500 g/mol. The number of nitrogens with one attached hydrogen (secondary N) is 11. The second-order valence-corrected chi connectivity index (χ2v) is 30.6. The Morgan fingerprint density at radius 3 is 1.83 bits per heavy atom. The molecule has 113 heavy (non-hydrogen) atoms. The minimum Gasteiger partial charge on any atom is -0.426 e. The van der Waals surface area contributed by atoms with Crippen LogP contribution in [0.2, 0.25) is 0 Å². The van der Waals surface area contributed by atoms with Gasteiger partial charge in [-0.2, -0.15) is 0 Å². The molecule has 36 heteroatoms. The number of hydrogen-bond acceptors (Lipinski definition) is 23. The Balaban J connectivity index is 0.993. The van der Waals surface area contributed by atoms with Crippen molar-refractivity contribution in [2.75, 3.05) is 64.3 Å². The summed E-state index contributed by atoms with van der Waals surface area (Å²) in [6, 6.07) is 21.3. The highest BCUT2D eigenvalue weighted by Crippen LogP contribution is 2.25. The van der Waals surface area contributed by atoms with Crippen molar-refractivity contribution in [3.8, 4) is 0 Å². The summed E-state index contributed by atoms with van der Waals surface area (Å²) in [7, 11) is 0.145. The van der Waals surface area contributed by atoms with E-state index < -0.39 is 146 Å². The number of aromatic nitrogens is 4. The van der Waals surface area contributed by atoms with Gasteiger partial charge >= 0.3 is 7.12 Å². The van der Waals surface area contributed by atoms with Crippen LogP contribution in [0.5, 0.6) is 0 Å². The maximum Gasteiger partial charge on any atom is 0.475 e. The first-order chi connectivity index (χ1) is 54.4. The van der Waals surface area contributed by atoms with Gasteiger partial charge in [0.1, 0.15) is 54.9 Å². The topological polar surface area (TPSA) is 492 Å². The van der Waals surface area contributed by atoms with E-state index in [4.69, 9.17) is 19.9 Å². The van der Waals surface area contributed by atoms with Gasteiger partial charge in [0.05, 0.1) is 76.1 Å². The second-order valence-electron chi connectivity index (χ2n) is 28.1. The van der Waals surface area contributed by atoms with Gasteiger partial charge in [0.2, 0.25) is 59.1 Å².